The molecule has 0 aliphatic heterocycles. The fraction of sp³-hybridized carbons (Fsp3) is 0.182. The number of nitrogens with two attached hydrogens (primary N) is 1. The molecular formula is C22H22N2O3. The van der Waals surface area contributed by atoms with Crippen molar-refractivity contribution in [2.24, 2.45) is 0 Å². The third-order valence-corrected chi connectivity index (χ3v) is 4.33. The normalized spacial score (nSPS) is 11.7. The number of anilines is 1. The summed E-state index contributed by atoms with van der Waals surface area (Å²) in [5.74, 6) is -0.761. The van der Waals surface area contributed by atoms with Crippen molar-refractivity contribution in [3.63, 3.8) is 0 Å². The zero-order valence-corrected chi connectivity index (χ0v) is 15.1. The van der Waals surface area contributed by atoms with Crippen LogP contribution in [0.25, 0.3) is 10.8 Å². The summed E-state index contributed by atoms with van der Waals surface area (Å²) in [6.45, 7) is 1.99. The summed E-state index contributed by atoms with van der Waals surface area (Å²) in [6.07, 6.45) is 0.329. The molecule has 5 nitrogen and oxygen atoms in total. The molecular weight excluding hydrogens is 340 g/mol. The number of benzene rings is 3. The molecule has 0 unspecified atom stereocenters. The van der Waals surface area contributed by atoms with Crippen LogP contribution in [0.4, 0.5) is 5.69 Å². The van der Waals surface area contributed by atoms with Gasteiger partial charge in [0.2, 0.25) is 0 Å². The average Bonchev–Trinajstić information content (AvgIpc) is 2.68. The Morgan fingerprint density at radius 2 is 1.70 bits per heavy atom. The number of hydrogen-bond donors (Lipinski definition) is 2. The largest absolute Gasteiger partial charge is 0.464 e. The second kappa shape index (κ2) is 8.36. The lowest BCUT2D eigenvalue weighted by molar-refractivity contribution is -0.145. The highest BCUT2D eigenvalue weighted by molar-refractivity contribution is 6.08. The molecule has 3 rings (SSSR count). The van der Waals surface area contributed by atoms with E-state index in [1.807, 2.05) is 48.5 Å². The number of carbonyl (C=O) groups is 2. The van der Waals surface area contributed by atoms with Crippen LogP contribution in [0.1, 0.15) is 22.8 Å². The summed E-state index contributed by atoms with van der Waals surface area (Å²) in [5, 5.41) is 4.64. The maximum atomic E-state index is 12.9. The van der Waals surface area contributed by atoms with Gasteiger partial charge in [0.05, 0.1) is 6.61 Å². The third kappa shape index (κ3) is 4.44. The molecule has 0 aromatic heterocycles. The molecule has 0 radical (unpaired) electrons. The van der Waals surface area contributed by atoms with Crippen LogP contribution in [0.2, 0.25) is 0 Å². The zero-order valence-electron chi connectivity index (χ0n) is 15.1. The second-order valence-electron chi connectivity index (χ2n) is 6.25. The highest BCUT2D eigenvalue weighted by Crippen LogP contribution is 2.19. The Balaban J connectivity index is 1.85. The van der Waals surface area contributed by atoms with E-state index in [2.05, 4.69) is 5.32 Å². The highest BCUT2D eigenvalue weighted by atomic mass is 16.5. The Bertz CT molecular complexity index is 946. The Kier molecular flexibility index (Phi) is 5.71. The van der Waals surface area contributed by atoms with Gasteiger partial charge >= 0.3 is 5.97 Å². The van der Waals surface area contributed by atoms with Gasteiger partial charge in [-0.3, -0.25) is 4.79 Å². The van der Waals surface area contributed by atoms with Gasteiger partial charge in [-0.05, 0) is 41.5 Å². The molecule has 3 N–H and O–H groups in total. The Morgan fingerprint density at radius 1 is 1.00 bits per heavy atom. The van der Waals surface area contributed by atoms with Gasteiger partial charge in [-0.25, -0.2) is 4.79 Å². The number of hydrogen-bond acceptors (Lipinski definition) is 4. The minimum atomic E-state index is -0.778. The van der Waals surface area contributed by atoms with Gasteiger partial charge in [-0.2, -0.15) is 0 Å². The van der Waals surface area contributed by atoms with Crippen molar-refractivity contribution in [3.8, 4) is 0 Å². The Morgan fingerprint density at radius 3 is 2.44 bits per heavy atom. The summed E-state index contributed by atoms with van der Waals surface area (Å²) in [4.78, 5) is 25.3. The van der Waals surface area contributed by atoms with Gasteiger partial charge in [0.25, 0.3) is 5.91 Å². The van der Waals surface area contributed by atoms with Gasteiger partial charge in [-0.15, -0.1) is 0 Å². The smallest absolute Gasteiger partial charge is 0.328 e. The number of ether oxygens (including phenoxy) is 1. The van der Waals surface area contributed by atoms with Gasteiger partial charge in [-0.1, -0.05) is 48.5 Å². The molecule has 0 aliphatic rings. The molecule has 0 saturated heterocycles. The van der Waals surface area contributed by atoms with E-state index in [1.165, 1.54) is 0 Å². The maximum absolute atomic E-state index is 12.9. The molecule has 1 atom stereocenters. The number of rotatable bonds is 6. The van der Waals surface area contributed by atoms with Crippen LogP contribution in [0, 0.1) is 0 Å². The number of nitrogens with one attached hydrogen (secondary N) is 1. The van der Waals surface area contributed by atoms with Crippen molar-refractivity contribution < 1.29 is 14.3 Å². The number of amides is 1. The van der Waals surface area contributed by atoms with E-state index in [0.717, 1.165) is 16.3 Å². The molecule has 1 amide bonds. The van der Waals surface area contributed by atoms with Crippen molar-refractivity contribution in [3.05, 3.63) is 77.9 Å². The maximum Gasteiger partial charge on any atom is 0.328 e. The lowest BCUT2D eigenvalue weighted by Gasteiger charge is -2.18. The highest BCUT2D eigenvalue weighted by Gasteiger charge is 2.23. The fourth-order valence-corrected chi connectivity index (χ4v) is 2.98. The summed E-state index contributed by atoms with van der Waals surface area (Å²) >= 11 is 0. The van der Waals surface area contributed by atoms with Crippen molar-refractivity contribution >= 4 is 28.3 Å². The van der Waals surface area contributed by atoms with Crippen LogP contribution in [0.5, 0.6) is 0 Å². The predicted octanol–water partition coefficient (Wildman–Crippen LogP) is 3.33. The zero-order chi connectivity index (χ0) is 19.2. The topological polar surface area (TPSA) is 81.4 Å². The first kappa shape index (κ1) is 18.5. The van der Waals surface area contributed by atoms with Gasteiger partial charge in [0, 0.05) is 17.7 Å². The van der Waals surface area contributed by atoms with E-state index in [-0.39, 0.29) is 12.5 Å². The number of carbonyl (C=O) groups excluding carboxylic acids is 2. The van der Waals surface area contributed by atoms with E-state index in [4.69, 9.17) is 10.5 Å². The lowest BCUT2D eigenvalue weighted by atomic mass is 10.0. The Labute approximate surface area is 158 Å². The van der Waals surface area contributed by atoms with Gasteiger partial charge in [0.1, 0.15) is 6.04 Å². The van der Waals surface area contributed by atoms with Crippen LogP contribution in [-0.4, -0.2) is 24.5 Å². The van der Waals surface area contributed by atoms with E-state index in [9.17, 15) is 9.59 Å². The predicted molar refractivity (Wildman–Crippen MR) is 106 cm³/mol. The van der Waals surface area contributed by atoms with Crippen molar-refractivity contribution in [1.82, 2.24) is 5.32 Å². The van der Waals surface area contributed by atoms with Crippen LogP contribution >= 0.6 is 0 Å². The number of esters is 1. The van der Waals surface area contributed by atoms with E-state index >= 15 is 0 Å². The molecule has 0 spiro atoms. The minimum Gasteiger partial charge on any atom is -0.464 e. The van der Waals surface area contributed by atoms with Crippen LogP contribution < -0.4 is 11.1 Å². The number of nitrogen functional groups attached to an aromatic ring is 1. The molecule has 3 aromatic rings. The molecule has 0 bridgehead atoms. The summed E-state index contributed by atoms with van der Waals surface area (Å²) in [6, 6.07) is 19.6. The molecule has 27 heavy (non-hydrogen) atoms. The molecule has 0 heterocycles. The Hall–Kier alpha value is -3.34. The number of fused-ring (bicyclic) bond motifs is 1. The van der Waals surface area contributed by atoms with Gasteiger partial charge < -0.3 is 15.8 Å². The van der Waals surface area contributed by atoms with Crippen molar-refractivity contribution in [2.45, 2.75) is 19.4 Å². The summed E-state index contributed by atoms with van der Waals surface area (Å²) < 4.78 is 5.15. The molecule has 0 fully saturated rings. The fourth-order valence-electron chi connectivity index (χ4n) is 2.98. The SMILES string of the molecule is CCOC(=O)[C@H](Cc1ccc(N)cc1)NC(=O)c1cccc2ccccc12. The van der Waals surface area contributed by atoms with Crippen molar-refractivity contribution in [1.29, 1.82) is 0 Å². The third-order valence-electron chi connectivity index (χ3n) is 4.33. The summed E-state index contributed by atoms with van der Waals surface area (Å²) in [5.41, 5.74) is 7.77. The quantitative estimate of drug-likeness (QED) is 0.521. The van der Waals surface area contributed by atoms with Gasteiger partial charge in [0.15, 0.2) is 0 Å². The minimum absolute atomic E-state index is 0.251. The monoisotopic (exact) mass is 362 g/mol. The van der Waals surface area contributed by atoms with E-state index < -0.39 is 12.0 Å². The van der Waals surface area contributed by atoms with E-state index in [0.29, 0.717) is 17.7 Å². The van der Waals surface area contributed by atoms with Crippen LogP contribution in [-0.2, 0) is 16.0 Å². The first-order chi connectivity index (χ1) is 13.1. The molecule has 5 heteroatoms. The first-order valence-electron chi connectivity index (χ1n) is 8.88. The average molecular weight is 362 g/mol. The molecule has 138 valence electrons. The van der Waals surface area contributed by atoms with Crippen LogP contribution in [0.15, 0.2) is 66.7 Å². The molecule has 0 saturated carbocycles. The first-order valence-corrected chi connectivity index (χ1v) is 8.88. The van der Waals surface area contributed by atoms with Crippen LogP contribution in [0.3, 0.4) is 0 Å². The summed E-state index contributed by atoms with van der Waals surface area (Å²) in [7, 11) is 0. The lowest BCUT2D eigenvalue weighted by Crippen LogP contribution is -2.43. The van der Waals surface area contributed by atoms with E-state index in [1.54, 1.807) is 25.1 Å². The molecule has 0 aliphatic carbocycles. The standard InChI is InChI=1S/C22H22N2O3/c1-2-27-22(26)20(14-15-10-12-17(23)13-11-15)24-21(25)19-9-5-7-16-6-3-4-8-18(16)19/h3-13,20H,2,14,23H2,1H3,(H,24,25)/t20-/m0/s1. The second-order valence-corrected chi connectivity index (χ2v) is 6.25. The molecule has 3 aromatic carbocycles. The van der Waals surface area contributed by atoms with Crippen molar-refractivity contribution in [2.75, 3.05) is 12.3 Å².